The summed E-state index contributed by atoms with van der Waals surface area (Å²) in [5, 5.41) is 2.56. The molecule has 1 N–H and O–H groups in total. The van der Waals surface area contributed by atoms with Crippen LogP contribution in [0.15, 0.2) is 11.8 Å². The molecule has 1 unspecified atom stereocenters. The number of carbonyl (C=O) groups excluding carboxylic acids is 2. The van der Waals surface area contributed by atoms with Crippen molar-refractivity contribution < 1.29 is 23.8 Å². The summed E-state index contributed by atoms with van der Waals surface area (Å²) < 4.78 is 16.7. The van der Waals surface area contributed by atoms with E-state index in [9.17, 15) is 9.59 Å². The summed E-state index contributed by atoms with van der Waals surface area (Å²) in [5.41, 5.74) is 0.335. The second-order valence-corrected chi connectivity index (χ2v) is 7.01. The van der Waals surface area contributed by atoms with Gasteiger partial charge in [-0.05, 0) is 38.0 Å². The molecule has 0 radical (unpaired) electrons. The molecule has 1 aliphatic heterocycles. The van der Waals surface area contributed by atoms with E-state index in [1.807, 2.05) is 0 Å². The number of ether oxygens (including phenoxy) is 3. The summed E-state index contributed by atoms with van der Waals surface area (Å²) in [4.78, 5) is 23.2. The number of amides is 1. The summed E-state index contributed by atoms with van der Waals surface area (Å²) in [6, 6.07) is 0. The van der Waals surface area contributed by atoms with E-state index in [2.05, 4.69) is 12.2 Å². The maximum Gasteiger partial charge on any atom is 0.354 e. The molecule has 0 aromatic heterocycles. The molecule has 1 aliphatic carbocycles. The van der Waals surface area contributed by atoms with Crippen LogP contribution in [0, 0.1) is 5.41 Å². The van der Waals surface area contributed by atoms with Crippen LogP contribution in [0.1, 0.15) is 59.3 Å². The average Bonchev–Trinajstić information content (AvgIpc) is 2.93. The minimum absolute atomic E-state index is 0.106. The molecule has 1 spiro atoms. The van der Waals surface area contributed by atoms with Crippen LogP contribution in [0.4, 0.5) is 0 Å². The highest BCUT2D eigenvalue weighted by atomic mass is 16.7. The van der Waals surface area contributed by atoms with Gasteiger partial charge in [0, 0.05) is 19.8 Å². The summed E-state index contributed by atoms with van der Waals surface area (Å²) >= 11 is 0. The van der Waals surface area contributed by atoms with Gasteiger partial charge in [-0.1, -0.05) is 13.0 Å². The van der Waals surface area contributed by atoms with Crippen molar-refractivity contribution in [3.05, 3.63) is 11.8 Å². The zero-order valence-corrected chi connectivity index (χ0v) is 15.0. The van der Waals surface area contributed by atoms with E-state index in [-0.39, 0.29) is 23.6 Å². The molecule has 0 aromatic rings. The van der Waals surface area contributed by atoms with Crippen LogP contribution in [0.25, 0.3) is 0 Å². The summed E-state index contributed by atoms with van der Waals surface area (Å²) in [7, 11) is 0. The molecule has 6 nitrogen and oxygen atoms in total. The van der Waals surface area contributed by atoms with Crippen molar-refractivity contribution in [2.24, 2.45) is 5.41 Å². The quantitative estimate of drug-likeness (QED) is 0.595. The summed E-state index contributed by atoms with van der Waals surface area (Å²) in [5.74, 6) is -1.16. The first-order valence-electron chi connectivity index (χ1n) is 8.81. The van der Waals surface area contributed by atoms with Crippen molar-refractivity contribution in [1.29, 1.82) is 0 Å². The molecule has 1 atom stereocenters. The van der Waals surface area contributed by atoms with E-state index in [4.69, 9.17) is 14.2 Å². The van der Waals surface area contributed by atoms with Gasteiger partial charge in [0.15, 0.2) is 5.79 Å². The Hall–Kier alpha value is -1.40. The van der Waals surface area contributed by atoms with E-state index in [0.29, 0.717) is 19.6 Å². The van der Waals surface area contributed by atoms with Gasteiger partial charge in [0.2, 0.25) is 5.91 Å². The lowest BCUT2D eigenvalue weighted by Crippen LogP contribution is -2.41. The van der Waals surface area contributed by atoms with Gasteiger partial charge < -0.3 is 19.5 Å². The maximum absolute atomic E-state index is 11.9. The third kappa shape index (κ3) is 5.05. The van der Waals surface area contributed by atoms with Crippen LogP contribution >= 0.6 is 0 Å². The first kappa shape index (κ1) is 18.9. The number of carbonyl (C=O) groups is 2. The Morgan fingerprint density at radius 3 is 2.58 bits per heavy atom. The second-order valence-electron chi connectivity index (χ2n) is 7.01. The Kier molecular flexibility index (Phi) is 6.40. The van der Waals surface area contributed by atoms with Crippen LogP contribution in [0.5, 0.6) is 0 Å². The smallest absolute Gasteiger partial charge is 0.354 e. The van der Waals surface area contributed by atoms with Crippen LogP contribution in [-0.4, -0.2) is 37.5 Å². The lowest BCUT2D eigenvalue weighted by Gasteiger charge is -2.43. The van der Waals surface area contributed by atoms with Crippen molar-refractivity contribution in [3.63, 3.8) is 0 Å². The van der Waals surface area contributed by atoms with Crippen LogP contribution in [0.3, 0.4) is 0 Å². The van der Waals surface area contributed by atoms with Crippen molar-refractivity contribution in [3.8, 4) is 0 Å². The zero-order valence-electron chi connectivity index (χ0n) is 15.0. The Morgan fingerprint density at radius 2 is 1.96 bits per heavy atom. The SMILES string of the molecule is CCOC(=O)/C(=C/CCC1(C)CCCC2(C1)OCCO2)NC(C)=O. The fourth-order valence-electron chi connectivity index (χ4n) is 3.72. The fraction of sp³-hybridized carbons (Fsp3) is 0.778. The highest BCUT2D eigenvalue weighted by molar-refractivity contribution is 5.93. The predicted molar refractivity (Wildman–Crippen MR) is 89.0 cm³/mol. The Balaban J connectivity index is 1.95. The normalized spacial score (nSPS) is 26.4. The first-order valence-corrected chi connectivity index (χ1v) is 8.81. The van der Waals surface area contributed by atoms with Crippen LogP contribution < -0.4 is 5.32 Å². The van der Waals surface area contributed by atoms with Crippen LogP contribution in [0.2, 0.25) is 0 Å². The van der Waals surface area contributed by atoms with Crippen molar-refractivity contribution in [2.75, 3.05) is 19.8 Å². The van der Waals surface area contributed by atoms with Gasteiger partial charge in [-0.2, -0.15) is 0 Å². The van der Waals surface area contributed by atoms with E-state index in [1.54, 1.807) is 13.0 Å². The first-order chi connectivity index (χ1) is 11.4. The van der Waals surface area contributed by atoms with Gasteiger partial charge in [-0.3, -0.25) is 4.79 Å². The molecule has 2 aliphatic rings. The molecule has 1 saturated heterocycles. The molecule has 136 valence electrons. The number of hydrogen-bond acceptors (Lipinski definition) is 5. The number of esters is 1. The van der Waals surface area contributed by atoms with Gasteiger partial charge in [-0.25, -0.2) is 4.79 Å². The molecule has 2 fully saturated rings. The zero-order chi connectivity index (χ0) is 17.6. The molecule has 2 rings (SSSR count). The van der Waals surface area contributed by atoms with Crippen LogP contribution in [-0.2, 0) is 23.8 Å². The molecule has 6 heteroatoms. The van der Waals surface area contributed by atoms with Gasteiger partial charge >= 0.3 is 5.97 Å². The molecule has 1 saturated carbocycles. The summed E-state index contributed by atoms with van der Waals surface area (Å²) in [6.45, 7) is 7.00. The van der Waals surface area contributed by atoms with Gasteiger partial charge in [0.05, 0.1) is 19.8 Å². The third-order valence-electron chi connectivity index (χ3n) is 4.75. The van der Waals surface area contributed by atoms with Crippen molar-refractivity contribution in [1.82, 2.24) is 5.32 Å². The van der Waals surface area contributed by atoms with Gasteiger partial charge in [0.1, 0.15) is 5.70 Å². The lowest BCUT2D eigenvalue weighted by atomic mass is 9.70. The predicted octanol–water partition coefficient (Wildman–Crippen LogP) is 2.67. The van der Waals surface area contributed by atoms with Crippen molar-refractivity contribution >= 4 is 11.9 Å². The topological polar surface area (TPSA) is 73.9 Å². The Morgan fingerprint density at radius 1 is 1.25 bits per heavy atom. The van der Waals surface area contributed by atoms with E-state index >= 15 is 0 Å². The standard InChI is InChI=1S/C18H29NO5/c1-4-22-16(21)15(19-14(2)20)7-5-8-17(3)9-6-10-18(13-17)23-11-12-24-18/h7H,4-6,8-13H2,1-3H3,(H,19,20)/b15-7-. The third-order valence-corrected chi connectivity index (χ3v) is 4.75. The largest absolute Gasteiger partial charge is 0.461 e. The highest BCUT2D eigenvalue weighted by Gasteiger charge is 2.45. The molecule has 24 heavy (non-hydrogen) atoms. The highest BCUT2D eigenvalue weighted by Crippen LogP contribution is 2.47. The van der Waals surface area contributed by atoms with E-state index < -0.39 is 11.8 Å². The second kappa shape index (κ2) is 8.12. The van der Waals surface area contributed by atoms with Gasteiger partial charge in [-0.15, -0.1) is 0 Å². The molecular weight excluding hydrogens is 310 g/mol. The Labute approximate surface area is 143 Å². The van der Waals surface area contributed by atoms with E-state index in [0.717, 1.165) is 32.1 Å². The Bertz CT molecular complexity index is 496. The molecular formula is C18H29NO5. The number of rotatable bonds is 6. The average molecular weight is 339 g/mol. The lowest BCUT2D eigenvalue weighted by molar-refractivity contribution is -0.200. The summed E-state index contributed by atoms with van der Waals surface area (Å²) in [6.07, 6.45) is 7.40. The maximum atomic E-state index is 11.9. The molecule has 1 heterocycles. The van der Waals surface area contributed by atoms with Gasteiger partial charge in [0.25, 0.3) is 0 Å². The fourth-order valence-corrected chi connectivity index (χ4v) is 3.72. The monoisotopic (exact) mass is 339 g/mol. The number of hydrogen-bond donors (Lipinski definition) is 1. The minimum atomic E-state index is -0.486. The number of allylic oxidation sites excluding steroid dienone is 1. The number of nitrogens with one attached hydrogen (secondary N) is 1. The molecule has 1 amide bonds. The molecule has 0 aromatic carbocycles. The van der Waals surface area contributed by atoms with Crippen molar-refractivity contribution in [2.45, 2.75) is 65.1 Å². The van der Waals surface area contributed by atoms with E-state index in [1.165, 1.54) is 6.92 Å². The minimum Gasteiger partial charge on any atom is -0.461 e. The molecule has 0 bridgehead atoms.